The average molecular weight is 301 g/mol. The summed E-state index contributed by atoms with van der Waals surface area (Å²) in [6.07, 6.45) is 9.33. The third-order valence-electron chi connectivity index (χ3n) is 4.10. The Balaban J connectivity index is 1.74. The van der Waals surface area contributed by atoms with Gasteiger partial charge in [0.05, 0.1) is 6.04 Å². The molecule has 1 N–H and O–H groups in total. The van der Waals surface area contributed by atoms with Crippen LogP contribution in [-0.2, 0) is 7.05 Å². The van der Waals surface area contributed by atoms with Gasteiger partial charge >= 0.3 is 0 Å². The monoisotopic (exact) mass is 301 g/mol. The van der Waals surface area contributed by atoms with Crippen molar-refractivity contribution in [1.29, 1.82) is 0 Å². The number of hydrogen-bond donors (Lipinski definition) is 1. The molecule has 0 aliphatic heterocycles. The predicted molar refractivity (Wildman–Crippen MR) is 89.8 cm³/mol. The Labute approximate surface area is 131 Å². The van der Waals surface area contributed by atoms with Crippen molar-refractivity contribution in [2.24, 2.45) is 7.05 Å². The molecule has 2 aromatic rings. The maximum absolute atomic E-state index is 4.44. The molecule has 1 aliphatic carbocycles. The molecule has 1 aromatic heterocycles. The van der Waals surface area contributed by atoms with E-state index in [0.29, 0.717) is 0 Å². The van der Waals surface area contributed by atoms with E-state index in [2.05, 4.69) is 46.1 Å². The molecule has 112 valence electrons. The van der Waals surface area contributed by atoms with Crippen molar-refractivity contribution < 1.29 is 0 Å². The van der Waals surface area contributed by atoms with Crippen LogP contribution in [0.4, 0.5) is 5.69 Å². The number of aromatic nitrogens is 2. The van der Waals surface area contributed by atoms with Gasteiger partial charge in [-0.2, -0.15) is 0 Å². The number of aryl methyl sites for hydroxylation is 1. The number of nitrogens with one attached hydrogen (secondary N) is 1. The molecule has 0 radical (unpaired) electrons. The summed E-state index contributed by atoms with van der Waals surface area (Å²) < 4.78 is 2.07. The minimum Gasteiger partial charge on any atom is -0.374 e. The van der Waals surface area contributed by atoms with Crippen molar-refractivity contribution >= 4 is 17.4 Å². The summed E-state index contributed by atoms with van der Waals surface area (Å²) in [5.41, 5.74) is 1.23. The van der Waals surface area contributed by atoms with Crippen molar-refractivity contribution in [2.45, 2.75) is 48.8 Å². The van der Waals surface area contributed by atoms with Gasteiger partial charge in [0, 0.05) is 35.3 Å². The molecule has 1 heterocycles. The molecule has 0 spiro atoms. The molecule has 1 atom stereocenters. The van der Waals surface area contributed by atoms with Gasteiger partial charge in [-0.05, 0) is 31.9 Å². The Morgan fingerprint density at radius 1 is 1.29 bits per heavy atom. The maximum atomic E-state index is 4.44. The third kappa shape index (κ3) is 3.43. The number of hydrogen-bond acceptors (Lipinski definition) is 3. The molecule has 1 unspecified atom stereocenters. The lowest BCUT2D eigenvalue weighted by atomic mass is 10.2. The highest BCUT2D eigenvalue weighted by Crippen LogP contribution is 2.38. The zero-order valence-electron chi connectivity index (χ0n) is 12.7. The Morgan fingerprint density at radius 2 is 2.05 bits per heavy atom. The van der Waals surface area contributed by atoms with Gasteiger partial charge in [-0.1, -0.05) is 25.0 Å². The van der Waals surface area contributed by atoms with Crippen molar-refractivity contribution in [3.8, 4) is 0 Å². The predicted octanol–water partition coefficient (Wildman–Crippen LogP) is 4.63. The van der Waals surface area contributed by atoms with Crippen LogP contribution >= 0.6 is 11.8 Å². The van der Waals surface area contributed by atoms with Gasteiger partial charge in [0.15, 0.2) is 0 Å². The lowest BCUT2D eigenvalue weighted by Gasteiger charge is -2.19. The first-order valence-corrected chi connectivity index (χ1v) is 8.61. The fourth-order valence-electron chi connectivity index (χ4n) is 2.97. The van der Waals surface area contributed by atoms with E-state index in [0.717, 1.165) is 11.1 Å². The first kappa shape index (κ1) is 14.5. The fourth-order valence-corrected chi connectivity index (χ4v) is 4.31. The summed E-state index contributed by atoms with van der Waals surface area (Å²) in [5.74, 6) is 1.07. The first-order chi connectivity index (χ1) is 10.2. The lowest BCUT2D eigenvalue weighted by molar-refractivity contribution is 0.720. The van der Waals surface area contributed by atoms with E-state index in [-0.39, 0.29) is 6.04 Å². The van der Waals surface area contributed by atoms with Crippen molar-refractivity contribution in [1.82, 2.24) is 9.55 Å². The molecule has 4 heteroatoms. The highest BCUT2D eigenvalue weighted by Gasteiger charge is 2.18. The van der Waals surface area contributed by atoms with Gasteiger partial charge in [-0.15, -0.1) is 11.8 Å². The smallest absolute Gasteiger partial charge is 0.130 e. The summed E-state index contributed by atoms with van der Waals surface area (Å²) in [6.45, 7) is 2.17. The normalized spacial score (nSPS) is 17.0. The zero-order chi connectivity index (χ0) is 14.7. The lowest BCUT2D eigenvalue weighted by Crippen LogP contribution is -2.12. The van der Waals surface area contributed by atoms with Crippen LogP contribution in [0.15, 0.2) is 41.6 Å². The quantitative estimate of drug-likeness (QED) is 0.873. The molecule has 21 heavy (non-hydrogen) atoms. The Bertz CT molecular complexity index is 587. The summed E-state index contributed by atoms with van der Waals surface area (Å²) in [5, 5.41) is 4.41. The highest BCUT2D eigenvalue weighted by molar-refractivity contribution is 8.00. The van der Waals surface area contributed by atoms with Gasteiger partial charge in [0.1, 0.15) is 5.82 Å². The molecule has 1 saturated carbocycles. The number of rotatable bonds is 5. The Morgan fingerprint density at radius 3 is 2.76 bits per heavy atom. The minimum absolute atomic E-state index is 0.204. The van der Waals surface area contributed by atoms with Crippen LogP contribution in [0.1, 0.15) is 44.5 Å². The van der Waals surface area contributed by atoms with Crippen molar-refractivity contribution in [2.75, 3.05) is 5.32 Å². The van der Waals surface area contributed by atoms with E-state index in [9.17, 15) is 0 Å². The average Bonchev–Trinajstić information content (AvgIpc) is 3.12. The SMILES string of the molecule is CC(Nc1ccccc1SC1CCCC1)c1nccn1C. The highest BCUT2D eigenvalue weighted by atomic mass is 32.2. The number of anilines is 1. The van der Waals surface area contributed by atoms with Crippen LogP contribution < -0.4 is 5.32 Å². The van der Waals surface area contributed by atoms with Gasteiger partial charge in [-0.25, -0.2) is 4.98 Å². The fraction of sp³-hybridized carbons (Fsp3) is 0.471. The molecule has 1 aromatic carbocycles. The van der Waals surface area contributed by atoms with Crippen LogP contribution in [0.2, 0.25) is 0 Å². The Hall–Kier alpha value is -1.42. The van der Waals surface area contributed by atoms with E-state index >= 15 is 0 Å². The van der Waals surface area contributed by atoms with Crippen molar-refractivity contribution in [3.05, 3.63) is 42.5 Å². The third-order valence-corrected chi connectivity index (χ3v) is 5.52. The van der Waals surface area contributed by atoms with Crippen LogP contribution in [0.5, 0.6) is 0 Å². The Kier molecular flexibility index (Phi) is 4.54. The van der Waals surface area contributed by atoms with Crippen molar-refractivity contribution in [3.63, 3.8) is 0 Å². The number of imidazole rings is 1. The van der Waals surface area contributed by atoms with E-state index in [1.54, 1.807) is 0 Å². The summed E-state index contributed by atoms with van der Waals surface area (Å²) in [7, 11) is 2.04. The van der Waals surface area contributed by atoms with Crippen LogP contribution in [0, 0.1) is 0 Å². The van der Waals surface area contributed by atoms with Gasteiger partial charge in [-0.3, -0.25) is 0 Å². The summed E-state index contributed by atoms with van der Waals surface area (Å²) in [4.78, 5) is 5.80. The molecular formula is C17H23N3S. The van der Waals surface area contributed by atoms with Crippen LogP contribution in [0.25, 0.3) is 0 Å². The molecule has 3 nitrogen and oxygen atoms in total. The minimum atomic E-state index is 0.204. The molecule has 0 saturated heterocycles. The second-order valence-electron chi connectivity index (χ2n) is 5.78. The molecule has 1 fully saturated rings. The molecule has 0 amide bonds. The first-order valence-electron chi connectivity index (χ1n) is 7.73. The van der Waals surface area contributed by atoms with E-state index in [1.165, 1.54) is 36.3 Å². The standard InChI is InChI=1S/C17H23N3S/c1-13(17-18-11-12-20(17)2)19-15-9-5-6-10-16(15)21-14-7-3-4-8-14/h5-6,9-14,19H,3-4,7-8H2,1-2H3. The van der Waals surface area contributed by atoms with E-state index < -0.39 is 0 Å². The second-order valence-corrected chi connectivity index (χ2v) is 7.13. The maximum Gasteiger partial charge on any atom is 0.130 e. The molecule has 3 rings (SSSR count). The van der Waals surface area contributed by atoms with Gasteiger partial charge in [0.2, 0.25) is 0 Å². The summed E-state index contributed by atoms with van der Waals surface area (Å²) >= 11 is 2.03. The van der Waals surface area contributed by atoms with Crippen LogP contribution in [0.3, 0.4) is 0 Å². The van der Waals surface area contributed by atoms with E-state index in [1.807, 2.05) is 31.2 Å². The molecule has 1 aliphatic rings. The van der Waals surface area contributed by atoms with Gasteiger partial charge in [0.25, 0.3) is 0 Å². The summed E-state index contributed by atoms with van der Waals surface area (Å²) in [6, 6.07) is 8.85. The van der Waals surface area contributed by atoms with Crippen LogP contribution in [-0.4, -0.2) is 14.8 Å². The number of para-hydroxylation sites is 1. The zero-order valence-corrected chi connectivity index (χ0v) is 13.6. The number of nitrogens with zero attached hydrogens (tertiary/aromatic N) is 2. The molecule has 0 bridgehead atoms. The topological polar surface area (TPSA) is 29.9 Å². The number of thioether (sulfide) groups is 1. The van der Waals surface area contributed by atoms with E-state index in [4.69, 9.17) is 0 Å². The number of benzene rings is 1. The second kappa shape index (κ2) is 6.56. The van der Waals surface area contributed by atoms with Gasteiger partial charge < -0.3 is 9.88 Å². The molecular weight excluding hydrogens is 278 g/mol. The largest absolute Gasteiger partial charge is 0.374 e.